The first-order chi connectivity index (χ1) is 12.5. The number of carbonyl (C=O) groups excluding carboxylic acids is 1. The topological polar surface area (TPSA) is 50.8 Å². The fourth-order valence-corrected chi connectivity index (χ4v) is 4.37. The van der Waals surface area contributed by atoms with E-state index in [2.05, 4.69) is 24.1 Å². The van der Waals surface area contributed by atoms with Crippen LogP contribution < -0.4 is 14.8 Å². The third-order valence-corrected chi connectivity index (χ3v) is 5.64. The molecule has 146 valence electrons. The van der Waals surface area contributed by atoms with Gasteiger partial charge in [-0.15, -0.1) is 11.8 Å². The van der Waals surface area contributed by atoms with E-state index in [1.165, 1.54) is 31.3 Å². The van der Waals surface area contributed by atoms with Crippen LogP contribution >= 0.6 is 11.8 Å². The van der Waals surface area contributed by atoms with Crippen molar-refractivity contribution in [3.8, 4) is 11.5 Å². The van der Waals surface area contributed by atoms with E-state index in [9.17, 15) is 4.79 Å². The minimum absolute atomic E-state index is 0.0742. The maximum atomic E-state index is 12.0. The summed E-state index contributed by atoms with van der Waals surface area (Å²) in [7, 11) is 3.23. The summed E-state index contributed by atoms with van der Waals surface area (Å²) < 4.78 is 10.5. The molecule has 26 heavy (non-hydrogen) atoms. The zero-order valence-corrected chi connectivity index (χ0v) is 17.2. The van der Waals surface area contributed by atoms with Gasteiger partial charge in [0.15, 0.2) is 11.5 Å². The van der Waals surface area contributed by atoms with Gasteiger partial charge in [-0.1, -0.05) is 13.8 Å². The Morgan fingerprint density at radius 3 is 2.54 bits per heavy atom. The van der Waals surface area contributed by atoms with E-state index in [1.54, 1.807) is 14.2 Å². The molecular weight excluding hydrogens is 348 g/mol. The molecule has 1 heterocycles. The van der Waals surface area contributed by atoms with Crippen LogP contribution in [0.5, 0.6) is 11.5 Å². The first-order valence-corrected chi connectivity index (χ1v) is 10.3. The van der Waals surface area contributed by atoms with Crippen LogP contribution in [0.25, 0.3) is 0 Å². The molecular formula is C20H32N2O3S. The van der Waals surface area contributed by atoms with Gasteiger partial charge in [-0.25, -0.2) is 0 Å². The van der Waals surface area contributed by atoms with E-state index in [-0.39, 0.29) is 5.91 Å². The number of methoxy groups -OCH3 is 2. The Bertz CT molecular complexity index is 572. The van der Waals surface area contributed by atoms with Crippen molar-refractivity contribution in [2.24, 2.45) is 11.8 Å². The van der Waals surface area contributed by atoms with Crippen LogP contribution in [0.4, 0.5) is 0 Å². The highest BCUT2D eigenvalue weighted by Gasteiger charge is 2.21. The molecule has 0 spiro atoms. The first kappa shape index (κ1) is 20.9. The number of hydrogen-bond acceptors (Lipinski definition) is 5. The molecule has 0 radical (unpaired) electrons. The minimum atomic E-state index is 0.0742. The molecule has 2 atom stereocenters. The van der Waals surface area contributed by atoms with E-state index in [4.69, 9.17) is 9.47 Å². The Labute approximate surface area is 161 Å². The SMILES string of the molecule is COc1ccc(SCC(=O)NCCCN2C[C@@H](C)C[C@H](C)C2)cc1OC. The van der Waals surface area contributed by atoms with Crippen molar-refractivity contribution in [3.05, 3.63) is 18.2 Å². The lowest BCUT2D eigenvalue weighted by atomic mass is 9.92. The summed E-state index contributed by atoms with van der Waals surface area (Å²) in [5, 5.41) is 3.02. The number of benzene rings is 1. The molecule has 1 aromatic rings. The molecule has 1 aliphatic rings. The maximum Gasteiger partial charge on any atom is 0.230 e. The van der Waals surface area contributed by atoms with Crippen LogP contribution in [0.3, 0.4) is 0 Å². The lowest BCUT2D eigenvalue weighted by Crippen LogP contribution is -2.40. The second-order valence-corrected chi connectivity index (χ2v) is 8.26. The van der Waals surface area contributed by atoms with Gasteiger partial charge in [-0.3, -0.25) is 4.79 Å². The highest BCUT2D eigenvalue weighted by atomic mass is 32.2. The lowest BCUT2D eigenvalue weighted by molar-refractivity contribution is -0.118. The van der Waals surface area contributed by atoms with Crippen LogP contribution in [0.1, 0.15) is 26.7 Å². The zero-order chi connectivity index (χ0) is 18.9. The summed E-state index contributed by atoms with van der Waals surface area (Å²) in [4.78, 5) is 15.6. The number of piperidine rings is 1. The summed E-state index contributed by atoms with van der Waals surface area (Å²) in [5.74, 6) is 3.43. The van der Waals surface area contributed by atoms with E-state index >= 15 is 0 Å². The zero-order valence-electron chi connectivity index (χ0n) is 16.4. The monoisotopic (exact) mass is 380 g/mol. The van der Waals surface area contributed by atoms with Gasteiger partial charge in [0.25, 0.3) is 0 Å². The van der Waals surface area contributed by atoms with Gasteiger partial charge in [0.2, 0.25) is 5.91 Å². The molecule has 1 aromatic carbocycles. The van der Waals surface area contributed by atoms with Crippen molar-refractivity contribution in [2.45, 2.75) is 31.6 Å². The second-order valence-electron chi connectivity index (χ2n) is 7.21. The molecule has 1 N–H and O–H groups in total. The molecule has 0 unspecified atom stereocenters. The molecule has 1 amide bonds. The molecule has 0 aliphatic carbocycles. The Kier molecular flexibility index (Phi) is 8.59. The van der Waals surface area contributed by atoms with Crippen LogP contribution in [-0.2, 0) is 4.79 Å². The summed E-state index contributed by atoms with van der Waals surface area (Å²) in [6, 6.07) is 5.70. The molecule has 2 rings (SSSR count). The number of nitrogens with zero attached hydrogens (tertiary/aromatic N) is 1. The van der Waals surface area contributed by atoms with E-state index < -0.39 is 0 Å². The predicted molar refractivity (Wildman–Crippen MR) is 107 cm³/mol. The Morgan fingerprint density at radius 2 is 1.88 bits per heavy atom. The quantitative estimate of drug-likeness (QED) is 0.526. The molecule has 1 saturated heterocycles. The largest absolute Gasteiger partial charge is 0.493 e. The van der Waals surface area contributed by atoms with E-state index in [0.717, 1.165) is 36.2 Å². The van der Waals surface area contributed by atoms with Crippen molar-refractivity contribution in [1.82, 2.24) is 10.2 Å². The minimum Gasteiger partial charge on any atom is -0.493 e. The predicted octanol–water partition coefficient (Wildman–Crippen LogP) is 3.28. The number of amides is 1. The summed E-state index contributed by atoms with van der Waals surface area (Å²) >= 11 is 1.51. The fourth-order valence-electron chi connectivity index (χ4n) is 3.61. The van der Waals surface area contributed by atoms with Crippen LogP contribution in [0, 0.1) is 11.8 Å². The smallest absolute Gasteiger partial charge is 0.230 e. The van der Waals surface area contributed by atoms with Gasteiger partial charge in [0.05, 0.1) is 20.0 Å². The van der Waals surface area contributed by atoms with Gasteiger partial charge < -0.3 is 19.7 Å². The standard InChI is InChI=1S/C20H32N2O3S/c1-15-10-16(2)13-22(12-15)9-5-8-21-20(23)14-26-17-6-7-18(24-3)19(11-17)25-4/h6-7,11,15-16H,5,8-10,12-14H2,1-4H3,(H,21,23)/t15-,16-/m0/s1. The number of thioether (sulfide) groups is 1. The highest BCUT2D eigenvalue weighted by Crippen LogP contribution is 2.31. The summed E-state index contributed by atoms with van der Waals surface area (Å²) in [5.41, 5.74) is 0. The Balaban J connectivity index is 1.65. The van der Waals surface area contributed by atoms with Crippen molar-refractivity contribution in [2.75, 3.05) is 46.2 Å². The number of hydrogen-bond donors (Lipinski definition) is 1. The molecule has 1 aliphatic heterocycles. The normalized spacial score (nSPS) is 20.6. The molecule has 6 heteroatoms. The van der Waals surface area contributed by atoms with Gasteiger partial charge in [0.1, 0.15) is 0 Å². The van der Waals surface area contributed by atoms with Crippen molar-refractivity contribution < 1.29 is 14.3 Å². The molecule has 1 fully saturated rings. The van der Waals surface area contributed by atoms with E-state index in [1.807, 2.05) is 18.2 Å². The van der Waals surface area contributed by atoms with Crippen molar-refractivity contribution >= 4 is 17.7 Å². The number of likely N-dealkylation sites (tertiary alicyclic amines) is 1. The number of ether oxygens (including phenoxy) is 2. The molecule has 0 aromatic heterocycles. The average Bonchev–Trinajstić information content (AvgIpc) is 2.62. The number of carbonyl (C=O) groups is 1. The molecule has 5 nitrogen and oxygen atoms in total. The third kappa shape index (κ3) is 6.72. The first-order valence-electron chi connectivity index (χ1n) is 9.35. The fraction of sp³-hybridized carbons (Fsp3) is 0.650. The average molecular weight is 381 g/mol. The highest BCUT2D eigenvalue weighted by molar-refractivity contribution is 8.00. The van der Waals surface area contributed by atoms with E-state index in [0.29, 0.717) is 17.3 Å². The van der Waals surface area contributed by atoms with Gasteiger partial charge in [-0.2, -0.15) is 0 Å². The Morgan fingerprint density at radius 1 is 1.19 bits per heavy atom. The van der Waals surface area contributed by atoms with Crippen molar-refractivity contribution in [3.63, 3.8) is 0 Å². The summed E-state index contributed by atoms with van der Waals surface area (Å²) in [6.07, 6.45) is 2.34. The lowest BCUT2D eigenvalue weighted by Gasteiger charge is -2.34. The third-order valence-electron chi connectivity index (χ3n) is 4.64. The van der Waals surface area contributed by atoms with Gasteiger partial charge >= 0.3 is 0 Å². The molecule has 0 saturated carbocycles. The summed E-state index contributed by atoms with van der Waals surface area (Å²) in [6.45, 7) is 8.84. The van der Waals surface area contributed by atoms with Crippen LogP contribution in [0.15, 0.2) is 23.1 Å². The second kappa shape index (κ2) is 10.7. The van der Waals surface area contributed by atoms with Gasteiger partial charge in [0, 0.05) is 24.5 Å². The van der Waals surface area contributed by atoms with Crippen LogP contribution in [0.2, 0.25) is 0 Å². The maximum absolute atomic E-state index is 12.0. The molecule has 0 bridgehead atoms. The van der Waals surface area contributed by atoms with Crippen LogP contribution in [-0.4, -0.2) is 57.0 Å². The Hall–Kier alpha value is -1.40. The number of rotatable bonds is 9. The van der Waals surface area contributed by atoms with Crippen molar-refractivity contribution in [1.29, 1.82) is 0 Å². The number of nitrogens with one attached hydrogen (secondary N) is 1. The van der Waals surface area contributed by atoms with Gasteiger partial charge in [-0.05, 0) is 49.4 Å².